The first-order valence-electron chi connectivity index (χ1n) is 12.4. The second-order valence-corrected chi connectivity index (χ2v) is 10.6. The Bertz CT molecular complexity index is 1170. The van der Waals surface area contributed by atoms with Crippen LogP contribution in [-0.2, 0) is 9.53 Å². The van der Waals surface area contributed by atoms with Gasteiger partial charge in [-0.1, -0.05) is 6.07 Å². The topological polar surface area (TPSA) is 85.4 Å². The van der Waals surface area contributed by atoms with Gasteiger partial charge in [-0.25, -0.2) is 9.97 Å². The maximum Gasteiger partial charge on any atom is 0.255 e. The van der Waals surface area contributed by atoms with E-state index in [4.69, 9.17) is 9.72 Å². The highest BCUT2D eigenvalue weighted by Crippen LogP contribution is 2.43. The van der Waals surface area contributed by atoms with Crippen molar-refractivity contribution in [1.29, 1.82) is 0 Å². The largest absolute Gasteiger partial charge is 0.353 e. The van der Waals surface area contributed by atoms with Crippen molar-refractivity contribution in [1.82, 2.24) is 19.8 Å². The summed E-state index contributed by atoms with van der Waals surface area (Å²) in [4.78, 5) is 43.0. The number of carbonyl (C=O) groups is 2. The zero-order valence-corrected chi connectivity index (χ0v) is 20.8. The molecule has 0 spiro atoms. The average Bonchev–Trinajstić information content (AvgIpc) is 3.78. The van der Waals surface area contributed by atoms with Gasteiger partial charge >= 0.3 is 0 Å². The molecule has 9 nitrogen and oxygen atoms in total. The number of epoxide rings is 1. The Kier molecular flexibility index (Phi) is 5.03. The average molecular weight is 477 g/mol. The van der Waals surface area contributed by atoms with Crippen LogP contribution in [0.25, 0.3) is 0 Å². The van der Waals surface area contributed by atoms with E-state index < -0.39 is 5.54 Å². The van der Waals surface area contributed by atoms with Crippen LogP contribution in [0.15, 0.2) is 30.6 Å². The normalized spacial score (nSPS) is 25.5. The Morgan fingerprint density at radius 3 is 2.43 bits per heavy atom. The van der Waals surface area contributed by atoms with Crippen LogP contribution < -0.4 is 9.80 Å². The fourth-order valence-electron chi connectivity index (χ4n) is 5.47. The van der Waals surface area contributed by atoms with Crippen molar-refractivity contribution < 1.29 is 14.3 Å². The lowest BCUT2D eigenvalue weighted by molar-refractivity contribution is -0.137. The van der Waals surface area contributed by atoms with Crippen molar-refractivity contribution in [2.24, 2.45) is 0 Å². The SMILES string of the molecule is Cc1cc(C2CC2)cnc1N1CCN(C(=O)c2ccc(N3C4OC4N(C)C(=O)C3(C)C)nc2)CC1. The minimum absolute atomic E-state index is 0.0111. The predicted octanol–water partition coefficient (Wildman–Crippen LogP) is 2.36. The van der Waals surface area contributed by atoms with Crippen LogP contribution >= 0.6 is 0 Å². The Hall–Kier alpha value is -3.20. The van der Waals surface area contributed by atoms with E-state index in [0.717, 1.165) is 18.9 Å². The van der Waals surface area contributed by atoms with E-state index in [1.165, 1.54) is 24.0 Å². The molecule has 0 bridgehead atoms. The van der Waals surface area contributed by atoms with Gasteiger partial charge in [-0.15, -0.1) is 0 Å². The molecule has 3 saturated heterocycles. The summed E-state index contributed by atoms with van der Waals surface area (Å²) >= 11 is 0. The first-order chi connectivity index (χ1) is 16.8. The van der Waals surface area contributed by atoms with Crippen molar-refractivity contribution in [2.45, 2.75) is 57.5 Å². The third-order valence-corrected chi connectivity index (χ3v) is 7.76. The number of aromatic nitrogens is 2. The molecule has 184 valence electrons. The monoisotopic (exact) mass is 476 g/mol. The number of nitrogens with zero attached hydrogens (tertiary/aromatic N) is 6. The molecule has 1 aliphatic carbocycles. The van der Waals surface area contributed by atoms with Gasteiger partial charge in [0.2, 0.25) is 5.91 Å². The molecule has 9 heteroatoms. The second-order valence-electron chi connectivity index (χ2n) is 10.6. The molecule has 0 aromatic carbocycles. The minimum atomic E-state index is -0.774. The van der Waals surface area contributed by atoms with Crippen molar-refractivity contribution in [3.8, 4) is 0 Å². The van der Waals surface area contributed by atoms with E-state index in [-0.39, 0.29) is 24.3 Å². The van der Waals surface area contributed by atoms with Crippen molar-refractivity contribution in [2.75, 3.05) is 43.0 Å². The highest BCUT2D eigenvalue weighted by atomic mass is 16.6. The van der Waals surface area contributed by atoms with Gasteiger partial charge in [-0.3, -0.25) is 9.59 Å². The molecule has 1 saturated carbocycles. The van der Waals surface area contributed by atoms with E-state index in [1.54, 1.807) is 24.2 Å². The standard InChI is InChI=1S/C26H32N6O3/c1-16-13-19(17-5-6-17)15-28-21(16)30-9-11-31(12-10-30)22(33)18-7-8-20(27-14-18)32-24-23(35-24)29(4)25(34)26(32,2)3/h7-8,13-15,17,23-24H,5-6,9-12H2,1-4H3. The maximum atomic E-state index is 13.2. The van der Waals surface area contributed by atoms with Crippen molar-refractivity contribution in [3.63, 3.8) is 0 Å². The predicted molar refractivity (Wildman–Crippen MR) is 131 cm³/mol. The van der Waals surface area contributed by atoms with Crippen LogP contribution in [0, 0.1) is 6.92 Å². The molecule has 2 aromatic rings. The molecule has 2 unspecified atom stereocenters. The molecule has 0 N–H and O–H groups in total. The van der Waals surface area contributed by atoms with Crippen LogP contribution in [0.2, 0.25) is 0 Å². The smallest absolute Gasteiger partial charge is 0.255 e. The summed E-state index contributed by atoms with van der Waals surface area (Å²) in [7, 11) is 1.77. The van der Waals surface area contributed by atoms with E-state index in [9.17, 15) is 9.59 Å². The van der Waals surface area contributed by atoms with Gasteiger partial charge in [0.1, 0.15) is 17.2 Å². The van der Waals surface area contributed by atoms with E-state index in [0.29, 0.717) is 30.4 Å². The number of carbonyl (C=O) groups excluding carboxylic acids is 2. The third-order valence-electron chi connectivity index (χ3n) is 7.76. The number of aryl methyl sites for hydroxylation is 1. The zero-order valence-electron chi connectivity index (χ0n) is 20.8. The number of amides is 2. The van der Waals surface area contributed by atoms with Gasteiger partial charge in [-0.2, -0.15) is 0 Å². The van der Waals surface area contributed by atoms with Crippen molar-refractivity contribution >= 4 is 23.5 Å². The molecule has 4 aliphatic rings. The number of pyridine rings is 2. The van der Waals surface area contributed by atoms with Gasteiger partial charge in [0.05, 0.1) is 5.56 Å². The zero-order chi connectivity index (χ0) is 24.5. The van der Waals surface area contributed by atoms with Gasteiger partial charge in [0, 0.05) is 45.6 Å². The molecule has 0 radical (unpaired) electrons. The van der Waals surface area contributed by atoms with Crippen LogP contribution in [0.5, 0.6) is 0 Å². The lowest BCUT2D eigenvalue weighted by Gasteiger charge is -2.42. The summed E-state index contributed by atoms with van der Waals surface area (Å²) < 4.78 is 5.72. The lowest BCUT2D eigenvalue weighted by Crippen LogP contribution is -2.62. The number of fused-ring (bicyclic) bond motifs is 1. The quantitative estimate of drug-likeness (QED) is 0.627. The highest BCUT2D eigenvalue weighted by Gasteiger charge is 2.61. The van der Waals surface area contributed by atoms with Gasteiger partial charge in [0.25, 0.3) is 5.91 Å². The molecule has 2 atom stereocenters. The Labute approximate surface area is 205 Å². The third kappa shape index (κ3) is 3.73. The fourth-order valence-corrected chi connectivity index (χ4v) is 5.47. The van der Waals surface area contributed by atoms with Crippen LogP contribution in [-0.4, -0.2) is 82.8 Å². The number of ether oxygens (including phenoxy) is 1. The fraction of sp³-hybridized carbons (Fsp3) is 0.538. The number of rotatable bonds is 4. The number of piperazine rings is 2. The molecule has 4 fully saturated rings. The first kappa shape index (κ1) is 22.3. The highest BCUT2D eigenvalue weighted by molar-refractivity contribution is 5.95. The second kappa shape index (κ2) is 7.91. The Morgan fingerprint density at radius 2 is 1.80 bits per heavy atom. The number of hydrogen-bond donors (Lipinski definition) is 0. The summed E-state index contributed by atoms with van der Waals surface area (Å²) in [6.45, 7) is 8.67. The Morgan fingerprint density at radius 1 is 1.06 bits per heavy atom. The van der Waals surface area contributed by atoms with Crippen molar-refractivity contribution in [3.05, 3.63) is 47.3 Å². The summed E-state index contributed by atoms with van der Waals surface area (Å²) in [6.07, 6.45) is 5.74. The van der Waals surface area contributed by atoms with Crippen LogP contribution in [0.1, 0.15) is 54.1 Å². The van der Waals surface area contributed by atoms with Gasteiger partial charge < -0.3 is 24.3 Å². The summed E-state index contributed by atoms with van der Waals surface area (Å²) in [5, 5.41) is 0. The summed E-state index contributed by atoms with van der Waals surface area (Å²) in [6, 6.07) is 5.89. The summed E-state index contributed by atoms with van der Waals surface area (Å²) in [5.41, 5.74) is 2.34. The molecular formula is C26H32N6O3. The van der Waals surface area contributed by atoms with E-state index >= 15 is 0 Å². The molecule has 3 aliphatic heterocycles. The lowest BCUT2D eigenvalue weighted by atomic mass is 9.97. The Balaban J connectivity index is 1.11. The molecule has 6 rings (SSSR count). The molecule has 2 amide bonds. The number of hydrogen-bond acceptors (Lipinski definition) is 7. The van der Waals surface area contributed by atoms with E-state index in [1.807, 2.05) is 35.9 Å². The minimum Gasteiger partial charge on any atom is -0.353 e. The molecular weight excluding hydrogens is 444 g/mol. The molecule has 35 heavy (non-hydrogen) atoms. The molecule has 5 heterocycles. The van der Waals surface area contributed by atoms with E-state index in [2.05, 4.69) is 22.9 Å². The number of anilines is 2. The molecule has 2 aromatic heterocycles. The van der Waals surface area contributed by atoms with Gasteiger partial charge in [-0.05, 0) is 62.8 Å². The first-order valence-corrected chi connectivity index (χ1v) is 12.4. The van der Waals surface area contributed by atoms with Crippen LogP contribution in [0.3, 0.4) is 0 Å². The van der Waals surface area contributed by atoms with Crippen LogP contribution in [0.4, 0.5) is 11.6 Å². The number of likely N-dealkylation sites (N-methyl/N-ethyl adjacent to an activating group) is 1. The summed E-state index contributed by atoms with van der Waals surface area (Å²) in [5.74, 6) is 2.33. The maximum absolute atomic E-state index is 13.2. The van der Waals surface area contributed by atoms with Gasteiger partial charge in [0.15, 0.2) is 12.5 Å².